The molecule has 1 N–H and O–H groups in total. The number of halogens is 1. The fourth-order valence-corrected chi connectivity index (χ4v) is 3.55. The zero-order valence-corrected chi connectivity index (χ0v) is 12.3. The molecule has 0 radical (unpaired) electrons. The Hall–Kier alpha value is -0.770. The van der Waals surface area contributed by atoms with E-state index < -0.39 is 0 Å². The van der Waals surface area contributed by atoms with Gasteiger partial charge in [0, 0.05) is 42.6 Å². The first kappa shape index (κ1) is 13.2. The summed E-state index contributed by atoms with van der Waals surface area (Å²) in [6.45, 7) is 5.23. The fourth-order valence-electron chi connectivity index (χ4n) is 3.36. The van der Waals surface area contributed by atoms with E-state index in [1.807, 2.05) is 18.2 Å². The monoisotopic (exact) mass is 280 g/mol. The van der Waals surface area contributed by atoms with Gasteiger partial charge in [-0.3, -0.25) is 0 Å². The third-order valence-corrected chi connectivity index (χ3v) is 4.44. The molecule has 0 saturated carbocycles. The van der Waals surface area contributed by atoms with Crippen molar-refractivity contribution in [3.63, 3.8) is 0 Å². The minimum absolute atomic E-state index is 0.0254. The molecule has 3 rings (SSSR count). The highest BCUT2D eigenvalue weighted by atomic mass is 35.5. The van der Waals surface area contributed by atoms with E-state index in [1.165, 1.54) is 5.56 Å². The summed E-state index contributed by atoms with van der Waals surface area (Å²) in [5, 5.41) is 4.36. The summed E-state index contributed by atoms with van der Waals surface area (Å²) in [7, 11) is 2.16. The molecule has 1 spiro atoms. The lowest BCUT2D eigenvalue weighted by Gasteiger charge is -2.40. The van der Waals surface area contributed by atoms with Gasteiger partial charge in [0.1, 0.15) is 11.4 Å². The number of likely N-dealkylation sites (N-methyl/N-ethyl adjacent to an activating group) is 1. The summed E-state index contributed by atoms with van der Waals surface area (Å²) in [6.07, 6.45) is 2.13. The van der Waals surface area contributed by atoms with Crippen molar-refractivity contribution in [2.45, 2.75) is 31.4 Å². The first-order chi connectivity index (χ1) is 9.12. The van der Waals surface area contributed by atoms with E-state index in [1.54, 1.807) is 0 Å². The Morgan fingerprint density at radius 3 is 3.05 bits per heavy atom. The van der Waals surface area contributed by atoms with Gasteiger partial charge in [-0.2, -0.15) is 0 Å². The lowest BCUT2D eigenvalue weighted by molar-refractivity contribution is 0.0411. The largest absolute Gasteiger partial charge is 0.485 e. The molecule has 3 nitrogen and oxygen atoms in total. The van der Waals surface area contributed by atoms with Gasteiger partial charge in [0.15, 0.2) is 0 Å². The number of benzene rings is 1. The Morgan fingerprint density at radius 1 is 1.53 bits per heavy atom. The van der Waals surface area contributed by atoms with Crippen molar-refractivity contribution >= 4 is 11.6 Å². The SMILES string of the molecule is CCNC1CC2(CCN(C)C2)Oc2ccc(Cl)cc21. The maximum atomic E-state index is 6.34. The van der Waals surface area contributed by atoms with Crippen LogP contribution in [0, 0.1) is 0 Å². The number of nitrogens with one attached hydrogen (secondary N) is 1. The molecule has 0 bridgehead atoms. The number of hydrogen-bond acceptors (Lipinski definition) is 3. The zero-order valence-electron chi connectivity index (χ0n) is 11.6. The highest BCUT2D eigenvalue weighted by Gasteiger charge is 2.44. The molecule has 2 heterocycles. The van der Waals surface area contributed by atoms with E-state index in [4.69, 9.17) is 16.3 Å². The van der Waals surface area contributed by atoms with Crippen molar-refractivity contribution in [1.29, 1.82) is 0 Å². The van der Waals surface area contributed by atoms with Crippen LogP contribution in [-0.2, 0) is 0 Å². The first-order valence-corrected chi connectivity index (χ1v) is 7.40. The predicted molar refractivity (Wildman–Crippen MR) is 78.0 cm³/mol. The number of rotatable bonds is 2. The van der Waals surface area contributed by atoms with Crippen LogP contribution in [0.5, 0.6) is 5.75 Å². The summed E-state index contributed by atoms with van der Waals surface area (Å²) >= 11 is 6.12. The van der Waals surface area contributed by atoms with Crippen LogP contribution in [-0.4, -0.2) is 37.2 Å². The number of nitrogens with zero attached hydrogens (tertiary/aromatic N) is 1. The van der Waals surface area contributed by atoms with Crippen LogP contribution in [0.1, 0.15) is 31.4 Å². The average molecular weight is 281 g/mol. The van der Waals surface area contributed by atoms with E-state index in [-0.39, 0.29) is 5.60 Å². The van der Waals surface area contributed by atoms with Gasteiger partial charge in [0.05, 0.1) is 0 Å². The predicted octanol–water partition coefficient (Wildman–Crippen LogP) is 2.85. The summed E-state index contributed by atoms with van der Waals surface area (Å²) in [6, 6.07) is 6.32. The fraction of sp³-hybridized carbons (Fsp3) is 0.600. The first-order valence-electron chi connectivity index (χ1n) is 7.02. The van der Waals surface area contributed by atoms with Crippen molar-refractivity contribution in [3.8, 4) is 5.75 Å². The molecule has 104 valence electrons. The van der Waals surface area contributed by atoms with Crippen LogP contribution < -0.4 is 10.1 Å². The molecule has 2 unspecified atom stereocenters. The second-order valence-corrected chi connectivity index (χ2v) is 6.21. The molecule has 19 heavy (non-hydrogen) atoms. The molecule has 2 aliphatic rings. The highest BCUT2D eigenvalue weighted by molar-refractivity contribution is 6.30. The van der Waals surface area contributed by atoms with Crippen LogP contribution >= 0.6 is 11.6 Å². The van der Waals surface area contributed by atoms with Gasteiger partial charge in [-0.05, 0) is 31.8 Å². The third-order valence-electron chi connectivity index (χ3n) is 4.21. The average Bonchev–Trinajstić information content (AvgIpc) is 2.72. The smallest absolute Gasteiger partial charge is 0.125 e. The Kier molecular flexibility index (Phi) is 3.46. The molecule has 2 aliphatic heterocycles. The van der Waals surface area contributed by atoms with Crippen LogP contribution in [0.3, 0.4) is 0 Å². The van der Waals surface area contributed by atoms with Gasteiger partial charge in [-0.15, -0.1) is 0 Å². The van der Waals surface area contributed by atoms with Crippen molar-refractivity contribution in [1.82, 2.24) is 10.2 Å². The van der Waals surface area contributed by atoms with Gasteiger partial charge < -0.3 is 15.0 Å². The molecule has 1 aromatic carbocycles. The summed E-state index contributed by atoms with van der Waals surface area (Å²) < 4.78 is 6.34. The Bertz CT molecular complexity index is 479. The highest BCUT2D eigenvalue weighted by Crippen LogP contribution is 2.44. The normalized spacial score (nSPS) is 30.4. The third kappa shape index (κ3) is 2.47. The van der Waals surface area contributed by atoms with Crippen molar-refractivity contribution in [3.05, 3.63) is 28.8 Å². The van der Waals surface area contributed by atoms with Crippen LogP contribution in [0.15, 0.2) is 18.2 Å². The molecule has 4 heteroatoms. The van der Waals surface area contributed by atoms with Gasteiger partial charge in [-0.1, -0.05) is 18.5 Å². The number of ether oxygens (including phenoxy) is 1. The number of hydrogen-bond donors (Lipinski definition) is 1. The maximum Gasteiger partial charge on any atom is 0.125 e. The van der Waals surface area contributed by atoms with Gasteiger partial charge in [-0.25, -0.2) is 0 Å². The van der Waals surface area contributed by atoms with Gasteiger partial charge in [0.25, 0.3) is 0 Å². The van der Waals surface area contributed by atoms with Crippen molar-refractivity contribution in [2.75, 3.05) is 26.7 Å². The van der Waals surface area contributed by atoms with Crippen LogP contribution in [0.25, 0.3) is 0 Å². The molecular formula is C15H21ClN2O. The lowest BCUT2D eigenvalue weighted by Crippen LogP contribution is -2.45. The van der Waals surface area contributed by atoms with Crippen molar-refractivity contribution < 1.29 is 4.74 Å². The Labute approximate surface area is 119 Å². The Balaban J connectivity index is 1.95. The minimum Gasteiger partial charge on any atom is -0.485 e. The van der Waals surface area contributed by atoms with Gasteiger partial charge in [0.2, 0.25) is 0 Å². The molecule has 0 aliphatic carbocycles. The van der Waals surface area contributed by atoms with E-state index in [0.29, 0.717) is 6.04 Å². The molecule has 1 aromatic rings. The molecular weight excluding hydrogens is 260 g/mol. The van der Waals surface area contributed by atoms with Crippen LogP contribution in [0.4, 0.5) is 0 Å². The zero-order chi connectivity index (χ0) is 13.5. The second kappa shape index (κ2) is 4.97. The lowest BCUT2D eigenvalue weighted by atomic mass is 9.86. The molecule has 1 fully saturated rings. The summed E-state index contributed by atoms with van der Waals surface area (Å²) in [4.78, 5) is 2.35. The molecule has 1 saturated heterocycles. The quantitative estimate of drug-likeness (QED) is 0.902. The number of fused-ring (bicyclic) bond motifs is 1. The van der Waals surface area contributed by atoms with E-state index in [9.17, 15) is 0 Å². The summed E-state index contributed by atoms with van der Waals surface area (Å²) in [5.41, 5.74) is 1.18. The number of likely N-dealkylation sites (tertiary alicyclic amines) is 1. The molecule has 2 atom stereocenters. The van der Waals surface area contributed by atoms with E-state index in [2.05, 4.69) is 24.2 Å². The minimum atomic E-state index is -0.0254. The van der Waals surface area contributed by atoms with Crippen LogP contribution in [0.2, 0.25) is 5.02 Å². The van der Waals surface area contributed by atoms with E-state index in [0.717, 1.165) is 43.2 Å². The maximum absolute atomic E-state index is 6.34. The topological polar surface area (TPSA) is 24.5 Å². The van der Waals surface area contributed by atoms with Crippen molar-refractivity contribution in [2.24, 2.45) is 0 Å². The second-order valence-electron chi connectivity index (χ2n) is 5.77. The van der Waals surface area contributed by atoms with Gasteiger partial charge >= 0.3 is 0 Å². The summed E-state index contributed by atoms with van der Waals surface area (Å²) in [5.74, 6) is 0.997. The van der Waals surface area contributed by atoms with E-state index >= 15 is 0 Å². The molecule has 0 aromatic heterocycles. The molecule has 0 amide bonds. The standard InChI is InChI=1S/C15H21ClN2O/c1-3-17-13-9-15(6-7-18(2)10-15)19-14-5-4-11(16)8-12(13)14/h4-5,8,13,17H,3,6-7,9-10H2,1-2H3. The Morgan fingerprint density at radius 2 is 2.37 bits per heavy atom.